The van der Waals surface area contributed by atoms with Crippen LogP contribution in [0.15, 0.2) is 10.6 Å². The lowest BCUT2D eigenvalue weighted by atomic mass is 10.1. The van der Waals surface area contributed by atoms with E-state index in [1.54, 1.807) is 16.0 Å². The van der Waals surface area contributed by atoms with Gasteiger partial charge < -0.3 is 14.2 Å². The van der Waals surface area contributed by atoms with Gasteiger partial charge >= 0.3 is 0 Å². The van der Waals surface area contributed by atoms with Crippen LogP contribution in [0.5, 0.6) is 0 Å². The van der Waals surface area contributed by atoms with Crippen LogP contribution in [0.25, 0.3) is 0 Å². The maximum absolute atomic E-state index is 12.3. The molecule has 19 heavy (non-hydrogen) atoms. The Morgan fingerprint density at radius 1 is 1.47 bits per heavy atom. The summed E-state index contributed by atoms with van der Waals surface area (Å²) < 4.78 is 5.50. The van der Waals surface area contributed by atoms with Crippen LogP contribution in [-0.2, 0) is 22.6 Å². The van der Waals surface area contributed by atoms with Crippen LogP contribution in [0.2, 0.25) is 0 Å². The topological polar surface area (TPSA) is 66.7 Å². The first-order chi connectivity index (χ1) is 9.19. The molecule has 2 aliphatic rings. The van der Waals surface area contributed by atoms with Crippen molar-refractivity contribution in [1.82, 2.24) is 14.8 Å². The van der Waals surface area contributed by atoms with Gasteiger partial charge in [-0.25, -0.2) is 4.98 Å². The Bertz CT molecular complexity index is 511. The molecule has 102 valence electrons. The lowest BCUT2D eigenvalue weighted by Crippen LogP contribution is -2.56. The molecule has 0 N–H and O–H groups in total. The molecule has 1 unspecified atom stereocenters. The van der Waals surface area contributed by atoms with E-state index in [1.165, 1.54) is 0 Å². The van der Waals surface area contributed by atoms with Crippen molar-refractivity contribution in [3.63, 3.8) is 0 Å². The molecular weight excluding hydrogens is 246 g/mol. The molecular formula is C13H17N3O3. The van der Waals surface area contributed by atoms with E-state index in [2.05, 4.69) is 4.98 Å². The zero-order valence-electron chi connectivity index (χ0n) is 11.0. The number of aromatic nitrogens is 1. The van der Waals surface area contributed by atoms with Crippen LogP contribution in [0.4, 0.5) is 0 Å². The Hall–Kier alpha value is -1.85. The van der Waals surface area contributed by atoms with E-state index >= 15 is 0 Å². The summed E-state index contributed by atoms with van der Waals surface area (Å²) in [6.07, 6.45) is 4.13. The number of fused-ring (bicyclic) bond motifs is 1. The number of piperazine rings is 1. The maximum atomic E-state index is 12.3. The lowest BCUT2D eigenvalue weighted by molar-refractivity contribution is -0.154. The zero-order chi connectivity index (χ0) is 13.4. The van der Waals surface area contributed by atoms with Crippen molar-refractivity contribution in [2.75, 3.05) is 13.1 Å². The Balaban J connectivity index is 1.74. The summed E-state index contributed by atoms with van der Waals surface area (Å²) in [5.74, 6) is 1.36. The SMILES string of the molecule is CCc1cnc(CN2CC(=O)N3CCCC3C2=O)o1. The molecule has 3 heterocycles. The molecule has 1 aromatic heterocycles. The highest BCUT2D eigenvalue weighted by Gasteiger charge is 2.42. The van der Waals surface area contributed by atoms with Gasteiger partial charge in [0.25, 0.3) is 0 Å². The fraction of sp³-hybridized carbons (Fsp3) is 0.615. The van der Waals surface area contributed by atoms with Gasteiger partial charge in [-0.1, -0.05) is 6.92 Å². The molecule has 2 saturated heterocycles. The highest BCUT2D eigenvalue weighted by molar-refractivity contribution is 5.95. The Kier molecular flexibility index (Phi) is 3.00. The quantitative estimate of drug-likeness (QED) is 0.799. The average molecular weight is 263 g/mol. The van der Waals surface area contributed by atoms with Gasteiger partial charge in [0, 0.05) is 13.0 Å². The fourth-order valence-corrected chi connectivity index (χ4v) is 2.75. The van der Waals surface area contributed by atoms with Crippen molar-refractivity contribution in [3.05, 3.63) is 17.8 Å². The third kappa shape index (κ3) is 2.11. The number of nitrogens with zero attached hydrogens (tertiary/aromatic N) is 3. The number of aryl methyl sites for hydroxylation is 1. The number of carbonyl (C=O) groups is 2. The van der Waals surface area contributed by atoms with Crippen molar-refractivity contribution < 1.29 is 14.0 Å². The van der Waals surface area contributed by atoms with Crippen molar-refractivity contribution in [1.29, 1.82) is 0 Å². The number of hydrogen-bond acceptors (Lipinski definition) is 4. The molecule has 0 bridgehead atoms. The monoisotopic (exact) mass is 263 g/mol. The van der Waals surface area contributed by atoms with Crippen LogP contribution in [0, 0.1) is 0 Å². The molecule has 0 radical (unpaired) electrons. The van der Waals surface area contributed by atoms with Gasteiger partial charge in [0.2, 0.25) is 17.7 Å². The van der Waals surface area contributed by atoms with E-state index in [0.29, 0.717) is 12.4 Å². The van der Waals surface area contributed by atoms with Crippen LogP contribution in [0.1, 0.15) is 31.4 Å². The molecule has 1 atom stereocenters. The maximum Gasteiger partial charge on any atom is 0.246 e. The highest BCUT2D eigenvalue weighted by atomic mass is 16.4. The minimum atomic E-state index is -0.262. The predicted molar refractivity (Wildman–Crippen MR) is 66.0 cm³/mol. The molecule has 0 aliphatic carbocycles. The fourth-order valence-electron chi connectivity index (χ4n) is 2.75. The Labute approximate surface area is 111 Å². The van der Waals surface area contributed by atoms with E-state index < -0.39 is 0 Å². The van der Waals surface area contributed by atoms with E-state index in [0.717, 1.165) is 25.0 Å². The summed E-state index contributed by atoms with van der Waals surface area (Å²) in [5, 5.41) is 0. The van der Waals surface area contributed by atoms with E-state index in [1.807, 2.05) is 6.92 Å². The molecule has 2 fully saturated rings. The predicted octanol–water partition coefficient (Wildman–Crippen LogP) is 0.570. The minimum absolute atomic E-state index is 0.0216. The summed E-state index contributed by atoms with van der Waals surface area (Å²) in [6, 6.07) is -0.262. The second-order valence-electron chi connectivity index (χ2n) is 5.01. The average Bonchev–Trinajstić information content (AvgIpc) is 3.04. The molecule has 6 nitrogen and oxygen atoms in total. The molecule has 0 saturated carbocycles. The summed E-state index contributed by atoms with van der Waals surface area (Å²) in [4.78, 5) is 31.7. The third-order valence-electron chi connectivity index (χ3n) is 3.77. The molecule has 6 heteroatoms. The van der Waals surface area contributed by atoms with Gasteiger partial charge in [-0.05, 0) is 12.8 Å². The number of hydrogen-bond donors (Lipinski definition) is 0. The lowest BCUT2D eigenvalue weighted by Gasteiger charge is -2.35. The molecule has 3 rings (SSSR count). The van der Waals surface area contributed by atoms with Gasteiger partial charge in [-0.15, -0.1) is 0 Å². The van der Waals surface area contributed by atoms with Gasteiger partial charge in [0.15, 0.2) is 0 Å². The van der Waals surface area contributed by atoms with Gasteiger partial charge in [-0.2, -0.15) is 0 Å². The van der Waals surface area contributed by atoms with Gasteiger partial charge in [-0.3, -0.25) is 9.59 Å². The normalized spacial score (nSPS) is 23.1. The van der Waals surface area contributed by atoms with Crippen LogP contribution < -0.4 is 0 Å². The second-order valence-corrected chi connectivity index (χ2v) is 5.01. The van der Waals surface area contributed by atoms with Crippen molar-refractivity contribution in [3.8, 4) is 0 Å². The van der Waals surface area contributed by atoms with Crippen molar-refractivity contribution in [2.45, 2.75) is 38.8 Å². The molecule has 1 aromatic rings. The highest BCUT2D eigenvalue weighted by Crippen LogP contribution is 2.24. The van der Waals surface area contributed by atoms with Gasteiger partial charge in [0.1, 0.15) is 18.3 Å². The van der Waals surface area contributed by atoms with Crippen LogP contribution >= 0.6 is 0 Å². The summed E-state index contributed by atoms with van der Waals surface area (Å²) in [5.41, 5.74) is 0. The first-order valence-electron chi connectivity index (χ1n) is 6.71. The van der Waals surface area contributed by atoms with E-state index in [4.69, 9.17) is 4.42 Å². The zero-order valence-corrected chi connectivity index (χ0v) is 11.0. The molecule has 0 aromatic carbocycles. The second kappa shape index (κ2) is 4.68. The Morgan fingerprint density at radius 2 is 2.32 bits per heavy atom. The first kappa shape index (κ1) is 12.2. The van der Waals surface area contributed by atoms with Gasteiger partial charge in [0.05, 0.1) is 12.7 Å². The van der Waals surface area contributed by atoms with E-state index in [-0.39, 0.29) is 30.9 Å². The summed E-state index contributed by atoms with van der Waals surface area (Å²) in [7, 11) is 0. The largest absolute Gasteiger partial charge is 0.444 e. The molecule has 2 aliphatic heterocycles. The smallest absolute Gasteiger partial charge is 0.246 e. The Morgan fingerprint density at radius 3 is 3.05 bits per heavy atom. The number of amides is 2. The molecule has 0 spiro atoms. The van der Waals surface area contributed by atoms with E-state index in [9.17, 15) is 9.59 Å². The first-order valence-corrected chi connectivity index (χ1v) is 6.71. The number of rotatable bonds is 3. The summed E-state index contributed by atoms with van der Waals surface area (Å²) >= 11 is 0. The summed E-state index contributed by atoms with van der Waals surface area (Å²) in [6.45, 7) is 3.12. The minimum Gasteiger partial charge on any atom is -0.444 e. The molecule has 2 amide bonds. The van der Waals surface area contributed by atoms with Crippen LogP contribution in [0.3, 0.4) is 0 Å². The number of carbonyl (C=O) groups excluding carboxylic acids is 2. The third-order valence-corrected chi connectivity index (χ3v) is 3.77. The van der Waals surface area contributed by atoms with Crippen LogP contribution in [-0.4, -0.2) is 45.7 Å². The van der Waals surface area contributed by atoms with Crippen molar-refractivity contribution in [2.24, 2.45) is 0 Å². The number of oxazole rings is 1. The standard InChI is InChI=1S/C13H17N3O3/c1-2-9-6-14-11(19-9)7-15-8-12(17)16-5-3-4-10(16)13(15)18/h6,10H,2-5,7-8H2,1H3. The van der Waals surface area contributed by atoms with Crippen molar-refractivity contribution >= 4 is 11.8 Å².